The zero-order chi connectivity index (χ0) is 9.68. The minimum absolute atomic E-state index is 0.295. The van der Waals surface area contributed by atoms with Crippen LogP contribution in [0.25, 0.3) is 0 Å². The van der Waals surface area contributed by atoms with Gasteiger partial charge in [-0.3, -0.25) is 4.39 Å². The van der Waals surface area contributed by atoms with Crippen LogP contribution in [0.4, 0.5) is 4.39 Å². The summed E-state index contributed by atoms with van der Waals surface area (Å²) in [6.45, 7) is 1.69. The Kier molecular flexibility index (Phi) is 3.45. The van der Waals surface area contributed by atoms with E-state index < -0.39 is 0 Å². The fourth-order valence-corrected chi connectivity index (χ4v) is 1.27. The summed E-state index contributed by atoms with van der Waals surface area (Å²) in [4.78, 5) is 0. The van der Waals surface area contributed by atoms with Gasteiger partial charge in [0.15, 0.2) is 0 Å². The van der Waals surface area contributed by atoms with Crippen molar-refractivity contribution < 1.29 is 4.39 Å². The van der Waals surface area contributed by atoms with E-state index in [0.29, 0.717) is 12.0 Å². The molecule has 1 aromatic carbocycles. The summed E-state index contributed by atoms with van der Waals surface area (Å²) in [5.74, 6) is 0. The highest BCUT2D eigenvalue weighted by molar-refractivity contribution is 5.37. The Morgan fingerprint density at radius 1 is 1.46 bits per heavy atom. The van der Waals surface area contributed by atoms with Gasteiger partial charge in [0.2, 0.25) is 0 Å². The van der Waals surface area contributed by atoms with Crippen LogP contribution < -0.4 is 0 Å². The van der Waals surface area contributed by atoms with E-state index in [0.717, 1.165) is 17.5 Å². The average Bonchev–Trinajstić information content (AvgIpc) is 2.17. The van der Waals surface area contributed by atoms with E-state index >= 15 is 0 Å². The number of halogens is 1. The van der Waals surface area contributed by atoms with Crippen LogP contribution in [0.15, 0.2) is 18.2 Å². The number of benzene rings is 1. The van der Waals surface area contributed by atoms with Crippen LogP contribution >= 0.6 is 0 Å². The van der Waals surface area contributed by atoms with Crippen LogP contribution in [-0.4, -0.2) is 6.67 Å². The van der Waals surface area contributed by atoms with E-state index in [2.05, 4.69) is 6.07 Å². The van der Waals surface area contributed by atoms with Gasteiger partial charge in [-0.15, -0.1) is 0 Å². The predicted molar refractivity (Wildman–Crippen MR) is 50.2 cm³/mol. The maximum absolute atomic E-state index is 11.9. The first-order valence-corrected chi connectivity index (χ1v) is 4.33. The van der Waals surface area contributed by atoms with Crippen molar-refractivity contribution >= 4 is 0 Å². The molecule has 0 spiro atoms. The Morgan fingerprint density at radius 3 is 2.85 bits per heavy atom. The molecule has 1 aromatic rings. The summed E-state index contributed by atoms with van der Waals surface area (Å²) < 4.78 is 11.9. The molecule has 0 aromatic heterocycles. The van der Waals surface area contributed by atoms with Crippen LogP contribution in [0.1, 0.15) is 23.1 Å². The van der Waals surface area contributed by atoms with Gasteiger partial charge in [0, 0.05) is 0 Å². The lowest BCUT2D eigenvalue weighted by Gasteiger charge is -2.03. The standard InChI is InChI=1S/C11H12FN/c1-9-4-5-10(8-13)7-11(9)3-2-6-12/h4-5,7H,2-3,6H2,1H3. The van der Waals surface area contributed by atoms with Crippen molar-refractivity contribution in [1.29, 1.82) is 5.26 Å². The maximum Gasteiger partial charge on any atom is 0.0991 e. The Morgan fingerprint density at radius 2 is 2.23 bits per heavy atom. The highest BCUT2D eigenvalue weighted by atomic mass is 19.1. The smallest absolute Gasteiger partial charge is 0.0991 e. The third-order valence-electron chi connectivity index (χ3n) is 2.06. The molecular weight excluding hydrogens is 165 g/mol. The summed E-state index contributed by atoms with van der Waals surface area (Å²) in [7, 11) is 0. The van der Waals surface area contributed by atoms with Crippen molar-refractivity contribution in [2.45, 2.75) is 19.8 Å². The fourth-order valence-electron chi connectivity index (χ4n) is 1.27. The Bertz CT molecular complexity index is 325. The third kappa shape index (κ3) is 2.55. The van der Waals surface area contributed by atoms with Crippen molar-refractivity contribution in [3.05, 3.63) is 34.9 Å². The molecule has 0 radical (unpaired) electrons. The molecular formula is C11H12FN. The SMILES string of the molecule is Cc1ccc(C#N)cc1CCCF. The van der Waals surface area contributed by atoms with E-state index in [1.54, 1.807) is 6.07 Å². The molecule has 2 heteroatoms. The minimum atomic E-state index is -0.295. The molecule has 1 rings (SSSR count). The van der Waals surface area contributed by atoms with E-state index in [1.165, 1.54) is 0 Å². The number of nitrogens with zero attached hydrogens (tertiary/aromatic N) is 1. The van der Waals surface area contributed by atoms with E-state index in [1.807, 2.05) is 19.1 Å². The molecule has 68 valence electrons. The van der Waals surface area contributed by atoms with Crippen LogP contribution in [0.5, 0.6) is 0 Å². The largest absolute Gasteiger partial charge is 0.251 e. The summed E-state index contributed by atoms with van der Waals surface area (Å²) in [5, 5.41) is 8.65. The third-order valence-corrected chi connectivity index (χ3v) is 2.06. The van der Waals surface area contributed by atoms with Gasteiger partial charge >= 0.3 is 0 Å². The van der Waals surface area contributed by atoms with Crippen LogP contribution in [0.2, 0.25) is 0 Å². The lowest BCUT2D eigenvalue weighted by atomic mass is 10.0. The molecule has 0 aliphatic carbocycles. The number of hydrogen-bond donors (Lipinski definition) is 0. The van der Waals surface area contributed by atoms with E-state index in [9.17, 15) is 4.39 Å². The summed E-state index contributed by atoms with van der Waals surface area (Å²) >= 11 is 0. The van der Waals surface area contributed by atoms with Gasteiger partial charge in [-0.2, -0.15) is 5.26 Å². The van der Waals surface area contributed by atoms with Crippen LogP contribution in [-0.2, 0) is 6.42 Å². The molecule has 0 atom stereocenters. The molecule has 0 bridgehead atoms. The topological polar surface area (TPSA) is 23.8 Å². The zero-order valence-electron chi connectivity index (χ0n) is 7.68. The molecule has 0 saturated heterocycles. The molecule has 0 heterocycles. The first-order valence-electron chi connectivity index (χ1n) is 4.33. The monoisotopic (exact) mass is 177 g/mol. The van der Waals surface area contributed by atoms with Crippen LogP contribution in [0.3, 0.4) is 0 Å². The van der Waals surface area contributed by atoms with Gasteiger partial charge in [-0.05, 0) is 43.0 Å². The number of rotatable bonds is 3. The Labute approximate surface area is 77.8 Å². The Balaban J connectivity index is 2.85. The molecule has 0 unspecified atom stereocenters. The van der Waals surface area contributed by atoms with E-state index in [4.69, 9.17) is 5.26 Å². The van der Waals surface area contributed by atoms with E-state index in [-0.39, 0.29) is 6.67 Å². The number of alkyl halides is 1. The number of hydrogen-bond acceptors (Lipinski definition) is 1. The average molecular weight is 177 g/mol. The second-order valence-corrected chi connectivity index (χ2v) is 3.05. The lowest BCUT2D eigenvalue weighted by Crippen LogP contribution is -1.91. The molecule has 0 saturated carbocycles. The highest BCUT2D eigenvalue weighted by Crippen LogP contribution is 2.12. The van der Waals surface area contributed by atoms with Gasteiger partial charge in [-0.1, -0.05) is 6.07 Å². The molecule has 0 aliphatic rings. The maximum atomic E-state index is 11.9. The minimum Gasteiger partial charge on any atom is -0.251 e. The molecule has 0 fully saturated rings. The molecule has 1 nitrogen and oxygen atoms in total. The van der Waals surface area contributed by atoms with Gasteiger partial charge in [-0.25, -0.2) is 0 Å². The zero-order valence-corrected chi connectivity index (χ0v) is 7.68. The first kappa shape index (κ1) is 9.73. The van der Waals surface area contributed by atoms with Crippen molar-refractivity contribution in [3.8, 4) is 6.07 Å². The predicted octanol–water partition coefficient (Wildman–Crippen LogP) is 2.77. The summed E-state index contributed by atoms with van der Waals surface area (Å²) in [5.41, 5.74) is 2.86. The van der Waals surface area contributed by atoms with Crippen molar-refractivity contribution in [2.75, 3.05) is 6.67 Å². The fraction of sp³-hybridized carbons (Fsp3) is 0.364. The van der Waals surface area contributed by atoms with Gasteiger partial charge < -0.3 is 0 Å². The second kappa shape index (κ2) is 4.61. The van der Waals surface area contributed by atoms with Gasteiger partial charge in [0.05, 0.1) is 18.3 Å². The molecule has 0 N–H and O–H groups in total. The summed E-state index contributed by atoms with van der Waals surface area (Å²) in [6, 6.07) is 7.61. The molecule has 0 amide bonds. The molecule has 0 aliphatic heterocycles. The lowest BCUT2D eigenvalue weighted by molar-refractivity contribution is 0.473. The van der Waals surface area contributed by atoms with Gasteiger partial charge in [0.25, 0.3) is 0 Å². The first-order chi connectivity index (χ1) is 6.27. The number of nitriles is 1. The van der Waals surface area contributed by atoms with Crippen molar-refractivity contribution in [2.24, 2.45) is 0 Å². The quantitative estimate of drug-likeness (QED) is 0.696. The van der Waals surface area contributed by atoms with Gasteiger partial charge in [0.1, 0.15) is 0 Å². The van der Waals surface area contributed by atoms with Crippen molar-refractivity contribution in [3.63, 3.8) is 0 Å². The Hall–Kier alpha value is -1.36. The number of aryl methyl sites for hydroxylation is 2. The van der Waals surface area contributed by atoms with Crippen LogP contribution in [0, 0.1) is 18.3 Å². The molecule has 13 heavy (non-hydrogen) atoms. The normalized spacial score (nSPS) is 9.62. The summed E-state index contributed by atoms with van der Waals surface area (Å²) in [6.07, 6.45) is 1.26. The second-order valence-electron chi connectivity index (χ2n) is 3.05. The highest BCUT2D eigenvalue weighted by Gasteiger charge is 1.99. The van der Waals surface area contributed by atoms with Crippen molar-refractivity contribution in [1.82, 2.24) is 0 Å².